The molecule has 4 nitrogen and oxygen atoms in total. The Morgan fingerprint density at radius 1 is 1.06 bits per heavy atom. The standard InChI is InChI=1S/C30H30Cl2N2O2/c1-20(30-27(31)18-33-19-28(30)32)36-25-9-8-24-17-34-29(26(24)16-25)10-7-23-4-2-3-22(15-23)6-5-21-11-13-35-14-12-21/h2-4,7-10,15-16,18-21H,5-6,11-14,17H2,1H3/b10-7+/t20-/m1/s1. The van der Waals surface area contributed by atoms with Crippen LogP contribution in [0, 0.1) is 5.92 Å². The first-order valence-electron chi connectivity index (χ1n) is 12.5. The summed E-state index contributed by atoms with van der Waals surface area (Å²) < 4.78 is 11.7. The second-order valence-electron chi connectivity index (χ2n) is 9.47. The van der Waals surface area contributed by atoms with Gasteiger partial charge >= 0.3 is 0 Å². The van der Waals surface area contributed by atoms with E-state index in [1.807, 2.05) is 13.0 Å². The molecule has 2 aromatic carbocycles. The number of hydrogen-bond acceptors (Lipinski definition) is 4. The average molecular weight is 521 g/mol. The van der Waals surface area contributed by atoms with Crippen molar-refractivity contribution in [2.75, 3.05) is 13.2 Å². The minimum atomic E-state index is -0.313. The van der Waals surface area contributed by atoms with E-state index in [1.54, 1.807) is 12.4 Å². The van der Waals surface area contributed by atoms with E-state index in [2.05, 4.69) is 53.5 Å². The molecule has 2 aliphatic rings. The molecule has 36 heavy (non-hydrogen) atoms. The molecule has 0 unspecified atom stereocenters. The first-order chi connectivity index (χ1) is 17.6. The molecule has 1 atom stereocenters. The summed E-state index contributed by atoms with van der Waals surface area (Å²) in [5, 5.41) is 0.993. The van der Waals surface area contributed by atoms with Gasteiger partial charge < -0.3 is 9.47 Å². The Morgan fingerprint density at radius 2 is 1.86 bits per heavy atom. The van der Waals surface area contributed by atoms with Crippen LogP contribution in [0.25, 0.3) is 6.08 Å². The Bertz CT molecular complexity index is 1260. The van der Waals surface area contributed by atoms with Crippen LogP contribution in [-0.2, 0) is 17.7 Å². The first kappa shape index (κ1) is 25.0. The number of halogens is 2. The summed E-state index contributed by atoms with van der Waals surface area (Å²) in [6.07, 6.45) is 11.8. The Labute approximate surface area is 223 Å². The van der Waals surface area contributed by atoms with Crippen molar-refractivity contribution in [3.8, 4) is 5.75 Å². The largest absolute Gasteiger partial charge is 0.486 e. The van der Waals surface area contributed by atoms with Gasteiger partial charge in [-0.1, -0.05) is 59.6 Å². The number of aliphatic imine (C=N–C) groups is 1. The summed E-state index contributed by atoms with van der Waals surface area (Å²) in [7, 11) is 0. The Kier molecular flexibility index (Phi) is 8.05. The molecule has 0 radical (unpaired) electrons. The fourth-order valence-electron chi connectivity index (χ4n) is 4.91. The zero-order valence-electron chi connectivity index (χ0n) is 20.4. The van der Waals surface area contributed by atoms with Crippen molar-refractivity contribution in [1.82, 2.24) is 4.98 Å². The number of aromatic nitrogens is 1. The second kappa shape index (κ2) is 11.6. The van der Waals surface area contributed by atoms with Gasteiger partial charge in [-0.15, -0.1) is 0 Å². The molecule has 1 aromatic heterocycles. The van der Waals surface area contributed by atoms with Gasteiger partial charge in [0.1, 0.15) is 11.9 Å². The lowest BCUT2D eigenvalue weighted by Crippen LogP contribution is -2.16. The topological polar surface area (TPSA) is 43.7 Å². The number of ether oxygens (including phenoxy) is 2. The van der Waals surface area contributed by atoms with Crippen molar-refractivity contribution >= 4 is 35.0 Å². The second-order valence-corrected chi connectivity index (χ2v) is 10.3. The third-order valence-corrected chi connectivity index (χ3v) is 7.56. The predicted octanol–water partition coefficient (Wildman–Crippen LogP) is 7.90. The van der Waals surface area contributed by atoms with E-state index in [-0.39, 0.29) is 6.10 Å². The monoisotopic (exact) mass is 520 g/mol. The highest BCUT2D eigenvalue weighted by atomic mass is 35.5. The van der Waals surface area contributed by atoms with Crippen molar-refractivity contribution in [3.63, 3.8) is 0 Å². The molecule has 0 N–H and O–H groups in total. The molecule has 2 aliphatic heterocycles. The summed E-state index contributed by atoms with van der Waals surface area (Å²) in [6.45, 7) is 4.43. The minimum absolute atomic E-state index is 0.313. The van der Waals surface area contributed by atoms with Crippen LogP contribution in [0.4, 0.5) is 0 Å². The number of nitrogens with zero attached hydrogens (tertiary/aromatic N) is 2. The molecule has 6 heteroatoms. The Hall–Kier alpha value is -2.66. The zero-order valence-corrected chi connectivity index (χ0v) is 21.9. The van der Waals surface area contributed by atoms with E-state index < -0.39 is 0 Å². The molecular formula is C30H30Cl2N2O2. The normalized spacial score (nSPS) is 16.7. The molecular weight excluding hydrogens is 491 g/mol. The fourth-order valence-corrected chi connectivity index (χ4v) is 5.58. The number of aryl methyl sites for hydroxylation is 1. The number of rotatable bonds is 8. The molecule has 5 rings (SSSR count). The average Bonchev–Trinajstić information content (AvgIpc) is 3.29. The van der Waals surface area contributed by atoms with Gasteiger partial charge in [0.05, 0.1) is 22.3 Å². The lowest BCUT2D eigenvalue weighted by Gasteiger charge is -2.21. The number of benzene rings is 2. The Morgan fingerprint density at radius 3 is 2.67 bits per heavy atom. The number of allylic oxidation sites excluding steroid dienone is 1. The third-order valence-electron chi connectivity index (χ3n) is 6.95. The zero-order chi connectivity index (χ0) is 24.9. The van der Waals surface area contributed by atoms with Crippen molar-refractivity contribution in [1.29, 1.82) is 0 Å². The highest BCUT2D eigenvalue weighted by molar-refractivity contribution is 6.35. The molecule has 0 saturated carbocycles. The highest BCUT2D eigenvalue weighted by Crippen LogP contribution is 2.34. The van der Waals surface area contributed by atoms with Gasteiger partial charge in [-0.3, -0.25) is 9.98 Å². The number of pyridine rings is 1. The van der Waals surface area contributed by atoms with E-state index >= 15 is 0 Å². The molecule has 0 amide bonds. The molecule has 3 heterocycles. The maximum atomic E-state index is 6.32. The predicted molar refractivity (Wildman–Crippen MR) is 147 cm³/mol. The lowest BCUT2D eigenvalue weighted by atomic mass is 9.92. The van der Waals surface area contributed by atoms with Gasteiger partial charge in [0, 0.05) is 36.7 Å². The molecule has 0 spiro atoms. The third kappa shape index (κ3) is 6.00. The van der Waals surface area contributed by atoms with Crippen LogP contribution in [0.2, 0.25) is 10.0 Å². The summed E-state index contributed by atoms with van der Waals surface area (Å²) >= 11 is 12.6. The van der Waals surface area contributed by atoms with Crippen molar-refractivity contribution in [2.45, 2.75) is 45.3 Å². The van der Waals surface area contributed by atoms with E-state index in [0.29, 0.717) is 16.6 Å². The van der Waals surface area contributed by atoms with Gasteiger partial charge in [0.15, 0.2) is 0 Å². The van der Waals surface area contributed by atoms with Crippen LogP contribution in [0.15, 0.2) is 65.9 Å². The van der Waals surface area contributed by atoms with Crippen LogP contribution in [0.3, 0.4) is 0 Å². The Balaban J connectivity index is 1.26. The van der Waals surface area contributed by atoms with Gasteiger partial charge in [-0.25, -0.2) is 0 Å². The highest BCUT2D eigenvalue weighted by Gasteiger charge is 2.19. The van der Waals surface area contributed by atoms with Crippen molar-refractivity contribution in [3.05, 3.63) is 98.8 Å². The molecule has 1 saturated heterocycles. The van der Waals surface area contributed by atoms with E-state index in [1.165, 1.54) is 36.0 Å². The number of fused-ring (bicyclic) bond motifs is 1. The van der Waals surface area contributed by atoms with Crippen molar-refractivity contribution in [2.24, 2.45) is 10.9 Å². The quantitative estimate of drug-likeness (QED) is 0.303. The van der Waals surface area contributed by atoms with E-state index in [9.17, 15) is 0 Å². The lowest BCUT2D eigenvalue weighted by molar-refractivity contribution is 0.0640. The van der Waals surface area contributed by atoms with E-state index in [0.717, 1.165) is 48.1 Å². The molecule has 1 fully saturated rings. The van der Waals surface area contributed by atoms with Gasteiger partial charge in [-0.2, -0.15) is 0 Å². The fraction of sp³-hybridized carbons (Fsp3) is 0.333. The smallest absolute Gasteiger partial charge is 0.124 e. The maximum Gasteiger partial charge on any atom is 0.124 e. The van der Waals surface area contributed by atoms with Crippen LogP contribution < -0.4 is 4.74 Å². The van der Waals surface area contributed by atoms with Crippen LogP contribution in [0.1, 0.15) is 60.1 Å². The number of hydrogen-bond donors (Lipinski definition) is 0. The molecule has 0 aliphatic carbocycles. The van der Waals surface area contributed by atoms with Crippen molar-refractivity contribution < 1.29 is 9.47 Å². The maximum absolute atomic E-state index is 6.32. The SMILES string of the molecule is C[C@@H](Oc1ccc2c(c1)C(/C=C/c1cccc(CCC3CCOCC3)c1)=NC2)c1c(Cl)cncc1Cl. The van der Waals surface area contributed by atoms with Gasteiger partial charge in [0.25, 0.3) is 0 Å². The summed E-state index contributed by atoms with van der Waals surface area (Å²) in [5.41, 5.74) is 6.57. The van der Waals surface area contributed by atoms with Gasteiger partial charge in [0.2, 0.25) is 0 Å². The van der Waals surface area contributed by atoms with Crippen LogP contribution >= 0.6 is 23.2 Å². The minimum Gasteiger partial charge on any atom is -0.486 e. The summed E-state index contributed by atoms with van der Waals surface area (Å²) in [5.74, 6) is 1.54. The molecule has 3 aromatic rings. The first-order valence-corrected chi connectivity index (χ1v) is 13.3. The summed E-state index contributed by atoms with van der Waals surface area (Å²) in [4.78, 5) is 8.78. The summed E-state index contributed by atoms with van der Waals surface area (Å²) in [6, 6.07) is 14.9. The van der Waals surface area contributed by atoms with E-state index in [4.69, 9.17) is 37.7 Å². The van der Waals surface area contributed by atoms with Crippen LogP contribution in [0.5, 0.6) is 5.75 Å². The van der Waals surface area contributed by atoms with Crippen LogP contribution in [-0.4, -0.2) is 23.9 Å². The molecule has 0 bridgehead atoms. The van der Waals surface area contributed by atoms with Gasteiger partial charge in [-0.05, 0) is 73.4 Å². The molecule has 186 valence electrons.